The molecule has 0 fully saturated rings. The van der Waals surface area contributed by atoms with E-state index in [1.807, 2.05) is 68.3 Å². The van der Waals surface area contributed by atoms with Gasteiger partial charge in [0.15, 0.2) is 0 Å². The molecule has 2 nitrogen and oxygen atoms in total. The van der Waals surface area contributed by atoms with Crippen LogP contribution in [-0.4, -0.2) is 28.2 Å². The number of hydrogen-bond acceptors (Lipinski definition) is 2. The van der Waals surface area contributed by atoms with Gasteiger partial charge in [0.1, 0.15) is 5.82 Å². The van der Waals surface area contributed by atoms with Crippen LogP contribution in [0.3, 0.4) is 0 Å². The third kappa shape index (κ3) is 2.87. The molecule has 2 rings (SSSR count). The van der Waals surface area contributed by atoms with Gasteiger partial charge < -0.3 is 9.80 Å². The minimum atomic E-state index is -0.211. The minimum absolute atomic E-state index is 0.211. The molecule has 0 aliphatic carbocycles. The molecule has 0 N–H and O–H groups in total. The average molecular weight is 258 g/mol. The maximum absolute atomic E-state index is 13.5. The predicted octanol–water partition coefficient (Wildman–Crippen LogP) is 3.62. The van der Waals surface area contributed by atoms with Crippen LogP contribution < -0.4 is 9.80 Å². The van der Waals surface area contributed by atoms with Gasteiger partial charge in [-0.3, -0.25) is 0 Å². The molecule has 0 spiro atoms. The minimum Gasteiger partial charge on any atom is -0.378 e. The van der Waals surface area contributed by atoms with E-state index in [1.54, 1.807) is 6.07 Å². The monoisotopic (exact) mass is 258 g/mol. The number of nitrogens with zero attached hydrogens (tertiary/aromatic N) is 2. The van der Waals surface area contributed by atoms with Crippen molar-refractivity contribution in [3.8, 4) is 11.1 Å². The Morgan fingerprint density at radius 1 is 0.789 bits per heavy atom. The van der Waals surface area contributed by atoms with Crippen LogP contribution in [0.1, 0.15) is 0 Å². The first-order valence-electron chi connectivity index (χ1n) is 6.23. The van der Waals surface area contributed by atoms with Crippen molar-refractivity contribution in [2.45, 2.75) is 0 Å². The Hall–Kier alpha value is -2.03. The lowest BCUT2D eigenvalue weighted by molar-refractivity contribution is 0.628. The highest BCUT2D eigenvalue weighted by Crippen LogP contribution is 2.31. The smallest absolute Gasteiger partial charge is 0.123 e. The van der Waals surface area contributed by atoms with Gasteiger partial charge in [0.25, 0.3) is 0 Å². The van der Waals surface area contributed by atoms with E-state index in [0.717, 1.165) is 22.5 Å². The third-order valence-corrected chi connectivity index (χ3v) is 3.14. The van der Waals surface area contributed by atoms with Gasteiger partial charge >= 0.3 is 0 Å². The first-order valence-corrected chi connectivity index (χ1v) is 6.23. The van der Waals surface area contributed by atoms with Crippen LogP contribution in [0.2, 0.25) is 0 Å². The molecule has 2 aromatic rings. The van der Waals surface area contributed by atoms with Gasteiger partial charge in [-0.1, -0.05) is 12.1 Å². The normalized spacial score (nSPS) is 10.4. The summed E-state index contributed by atoms with van der Waals surface area (Å²) < 4.78 is 13.5. The van der Waals surface area contributed by atoms with Crippen LogP contribution in [0.5, 0.6) is 0 Å². The van der Waals surface area contributed by atoms with Crippen LogP contribution >= 0.6 is 0 Å². The maximum atomic E-state index is 13.5. The van der Waals surface area contributed by atoms with Crippen LogP contribution in [0, 0.1) is 5.82 Å². The second-order valence-electron chi connectivity index (χ2n) is 5.00. The predicted molar refractivity (Wildman–Crippen MR) is 80.5 cm³/mol. The molecule has 0 aromatic heterocycles. The fourth-order valence-electron chi connectivity index (χ4n) is 2.07. The molecule has 0 aliphatic rings. The molecule has 0 heterocycles. The fraction of sp³-hybridized carbons (Fsp3) is 0.250. The van der Waals surface area contributed by atoms with Crippen molar-refractivity contribution < 1.29 is 4.39 Å². The number of anilines is 2. The number of hydrogen-bond donors (Lipinski definition) is 0. The van der Waals surface area contributed by atoms with Crippen molar-refractivity contribution in [3.05, 3.63) is 48.3 Å². The summed E-state index contributed by atoms with van der Waals surface area (Å²) in [5.41, 5.74) is 4.08. The average Bonchev–Trinajstić information content (AvgIpc) is 2.38. The molecule has 0 saturated heterocycles. The summed E-state index contributed by atoms with van der Waals surface area (Å²) in [4.78, 5) is 4.04. The molecule has 0 saturated carbocycles. The molecule has 0 aliphatic heterocycles. The zero-order valence-corrected chi connectivity index (χ0v) is 11.8. The summed E-state index contributed by atoms with van der Waals surface area (Å²) >= 11 is 0. The first kappa shape index (κ1) is 13.4. The summed E-state index contributed by atoms with van der Waals surface area (Å²) in [7, 11) is 7.93. The summed E-state index contributed by atoms with van der Waals surface area (Å²) in [6.07, 6.45) is 0. The number of benzene rings is 2. The Bertz CT molecular complexity index is 559. The second-order valence-corrected chi connectivity index (χ2v) is 5.00. The van der Waals surface area contributed by atoms with Crippen LogP contribution in [0.15, 0.2) is 42.5 Å². The molecule has 2 aromatic carbocycles. The van der Waals surface area contributed by atoms with E-state index in [0.29, 0.717) is 0 Å². The largest absolute Gasteiger partial charge is 0.378 e. The lowest BCUT2D eigenvalue weighted by Crippen LogP contribution is -2.10. The molecule has 19 heavy (non-hydrogen) atoms. The SMILES string of the molecule is CN(C)c1ccc(-c2cc(F)ccc2N(C)C)cc1. The molecule has 3 heteroatoms. The fourth-order valence-corrected chi connectivity index (χ4v) is 2.07. The standard InChI is InChI=1S/C16H19FN2/c1-18(2)14-8-5-12(6-9-14)15-11-13(17)7-10-16(15)19(3)4/h5-11H,1-4H3. The van der Waals surface area contributed by atoms with Crippen LogP contribution in [-0.2, 0) is 0 Å². The van der Waals surface area contributed by atoms with Crippen LogP contribution in [0.25, 0.3) is 11.1 Å². The van der Waals surface area contributed by atoms with Gasteiger partial charge in [-0.25, -0.2) is 4.39 Å². The molecule has 0 atom stereocenters. The zero-order valence-electron chi connectivity index (χ0n) is 11.8. The van der Waals surface area contributed by atoms with E-state index < -0.39 is 0 Å². The second kappa shape index (κ2) is 5.31. The lowest BCUT2D eigenvalue weighted by Gasteiger charge is -2.18. The molecule has 0 radical (unpaired) electrons. The lowest BCUT2D eigenvalue weighted by atomic mass is 10.0. The van der Waals surface area contributed by atoms with E-state index in [2.05, 4.69) is 0 Å². The Labute approximate surface area is 114 Å². The molecule has 0 unspecified atom stereocenters. The van der Waals surface area contributed by atoms with Crippen molar-refractivity contribution in [2.24, 2.45) is 0 Å². The quantitative estimate of drug-likeness (QED) is 0.829. The Balaban J connectivity index is 2.48. The molecule has 100 valence electrons. The van der Waals surface area contributed by atoms with Crippen LogP contribution in [0.4, 0.5) is 15.8 Å². The summed E-state index contributed by atoms with van der Waals surface area (Å²) in [6.45, 7) is 0. The highest BCUT2D eigenvalue weighted by molar-refractivity contribution is 5.79. The van der Waals surface area contributed by atoms with E-state index >= 15 is 0 Å². The van der Waals surface area contributed by atoms with Crippen molar-refractivity contribution in [1.82, 2.24) is 0 Å². The Kier molecular flexibility index (Phi) is 3.74. The Morgan fingerprint density at radius 3 is 1.95 bits per heavy atom. The van der Waals surface area contributed by atoms with E-state index in [9.17, 15) is 4.39 Å². The summed E-state index contributed by atoms with van der Waals surface area (Å²) in [5.74, 6) is -0.211. The molecule has 0 amide bonds. The molecule has 0 bridgehead atoms. The number of rotatable bonds is 3. The van der Waals surface area contributed by atoms with Gasteiger partial charge in [0, 0.05) is 45.1 Å². The zero-order chi connectivity index (χ0) is 14.0. The van der Waals surface area contributed by atoms with E-state index in [-0.39, 0.29) is 5.82 Å². The van der Waals surface area contributed by atoms with Crippen molar-refractivity contribution in [1.29, 1.82) is 0 Å². The first-order chi connectivity index (χ1) is 8.99. The van der Waals surface area contributed by atoms with Gasteiger partial charge in [-0.15, -0.1) is 0 Å². The number of halogens is 1. The van der Waals surface area contributed by atoms with Gasteiger partial charge in [-0.2, -0.15) is 0 Å². The van der Waals surface area contributed by atoms with Crippen molar-refractivity contribution in [3.63, 3.8) is 0 Å². The third-order valence-electron chi connectivity index (χ3n) is 3.14. The van der Waals surface area contributed by atoms with Gasteiger partial charge in [0.2, 0.25) is 0 Å². The summed E-state index contributed by atoms with van der Waals surface area (Å²) in [5, 5.41) is 0. The highest BCUT2D eigenvalue weighted by Gasteiger charge is 2.08. The van der Waals surface area contributed by atoms with E-state index in [4.69, 9.17) is 0 Å². The molecular formula is C16H19FN2. The van der Waals surface area contributed by atoms with E-state index in [1.165, 1.54) is 6.07 Å². The topological polar surface area (TPSA) is 6.48 Å². The maximum Gasteiger partial charge on any atom is 0.123 e. The van der Waals surface area contributed by atoms with Crippen molar-refractivity contribution in [2.75, 3.05) is 38.0 Å². The van der Waals surface area contributed by atoms with Crippen molar-refractivity contribution >= 4 is 11.4 Å². The Morgan fingerprint density at radius 2 is 1.42 bits per heavy atom. The van der Waals surface area contributed by atoms with Gasteiger partial charge in [-0.05, 0) is 35.9 Å². The highest BCUT2D eigenvalue weighted by atomic mass is 19.1. The summed E-state index contributed by atoms with van der Waals surface area (Å²) in [6, 6.07) is 13.0. The van der Waals surface area contributed by atoms with Gasteiger partial charge in [0.05, 0.1) is 0 Å². The molecular weight excluding hydrogens is 239 g/mol.